The second-order valence-corrected chi connectivity index (χ2v) is 16.6. The van der Waals surface area contributed by atoms with E-state index < -0.39 is 0 Å². The van der Waals surface area contributed by atoms with Gasteiger partial charge in [0.05, 0.1) is 19.7 Å². The summed E-state index contributed by atoms with van der Waals surface area (Å²) >= 11 is 12.7. The molecule has 2 amide bonds. The zero-order valence-electron chi connectivity index (χ0n) is 35.1. The van der Waals surface area contributed by atoms with Gasteiger partial charge in [-0.2, -0.15) is 10.2 Å². The molecule has 3 N–H and O–H groups in total. The molecule has 0 saturated carbocycles. The van der Waals surface area contributed by atoms with Crippen molar-refractivity contribution in [3.8, 4) is 0 Å². The Balaban J connectivity index is 0.000000186. The fourth-order valence-corrected chi connectivity index (χ4v) is 7.35. The van der Waals surface area contributed by atoms with Gasteiger partial charge in [-0.15, -0.1) is 0 Å². The van der Waals surface area contributed by atoms with Gasteiger partial charge in [-0.05, 0) is 80.1 Å². The van der Waals surface area contributed by atoms with Crippen molar-refractivity contribution >= 4 is 74.9 Å². The summed E-state index contributed by atoms with van der Waals surface area (Å²) in [6.07, 6.45) is 0.739. The summed E-state index contributed by atoms with van der Waals surface area (Å²) in [6, 6.07) is 28.5. The van der Waals surface area contributed by atoms with Crippen LogP contribution in [0.25, 0.3) is 21.9 Å². The van der Waals surface area contributed by atoms with Crippen LogP contribution in [0.1, 0.15) is 110 Å². The lowest BCUT2D eigenvalue weighted by Gasteiger charge is -2.07. The second kappa shape index (κ2) is 18.7. The van der Waals surface area contributed by atoms with Crippen molar-refractivity contribution in [2.75, 3.05) is 10.6 Å². The van der Waals surface area contributed by atoms with Gasteiger partial charge in [0.1, 0.15) is 29.0 Å². The van der Waals surface area contributed by atoms with E-state index in [1.165, 1.54) is 0 Å². The number of fused-ring (bicyclic) bond motifs is 2. The monoisotopic (exact) mass is 872 g/mol. The molecular weight excluding hydrogens is 827 g/mol. The van der Waals surface area contributed by atoms with Gasteiger partial charge in [-0.25, -0.2) is 0 Å². The Bertz CT molecular complexity index is 2900. The SMILES string of the molecule is Cc1cc(NC(=O)c2ccc(C=O)cc2)nn1Cc1cc(Cl)cc2cc(C(C)C)oc12.Cc1cc(NC(=O)c2ccc(CO)cc2)nn1Cc1cc(Cl)cc2cc(C(C)C)oc12. The largest absolute Gasteiger partial charge is 0.460 e. The van der Waals surface area contributed by atoms with Crippen LogP contribution < -0.4 is 10.6 Å². The topological polar surface area (TPSA) is 157 Å². The highest BCUT2D eigenvalue weighted by Gasteiger charge is 2.18. The number of rotatable bonds is 12. The summed E-state index contributed by atoms with van der Waals surface area (Å²) < 4.78 is 15.8. The molecule has 62 heavy (non-hydrogen) atoms. The van der Waals surface area contributed by atoms with E-state index in [0.717, 1.165) is 67.8 Å². The summed E-state index contributed by atoms with van der Waals surface area (Å²) in [7, 11) is 0. The Kier molecular flexibility index (Phi) is 13.1. The highest BCUT2D eigenvalue weighted by atomic mass is 35.5. The summed E-state index contributed by atoms with van der Waals surface area (Å²) in [6.45, 7) is 13.1. The second-order valence-electron chi connectivity index (χ2n) is 15.7. The van der Waals surface area contributed by atoms with Gasteiger partial charge in [0.2, 0.25) is 0 Å². The van der Waals surface area contributed by atoms with Crippen LogP contribution in [0.4, 0.5) is 11.6 Å². The molecule has 0 unspecified atom stereocenters. The molecular formula is C48H46Cl2N6O6. The molecule has 0 saturated heterocycles. The lowest BCUT2D eigenvalue weighted by Crippen LogP contribution is -2.13. The van der Waals surface area contributed by atoms with Crippen molar-refractivity contribution in [2.24, 2.45) is 0 Å². The normalized spacial score (nSPS) is 11.3. The highest BCUT2D eigenvalue weighted by molar-refractivity contribution is 6.31. The van der Waals surface area contributed by atoms with Crippen LogP contribution >= 0.6 is 23.2 Å². The van der Waals surface area contributed by atoms with Crippen molar-refractivity contribution in [2.45, 2.75) is 73.1 Å². The molecule has 4 heterocycles. The number of aromatic nitrogens is 4. The Morgan fingerprint density at radius 2 is 1.08 bits per heavy atom. The lowest BCUT2D eigenvalue weighted by molar-refractivity contribution is 0.101. The number of hydrogen-bond donors (Lipinski definition) is 3. The third-order valence-corrected chi connectivity index (χ3v) is 10.7. The zero-order chi connectivity index (χ0) is 44.2. The molecule has 0 bridgehead atoms. The van der Waals surface area contributed by atoms with E-state index in [1.807, 2.05) is 61.0 Å². The quantitative estimate of drug-likeness (QED) is 0.102. The molecule has 0 spiro atoms. The molecule has 12 nitrogen and oxygen atoms in total. The standard InChI is InChI=1S/C24H24ClN3O3.C24H22ClN3O3/c2*1-14(2)21-11-18-9-20(25)10-19(23(18)31-21)12-28-15(3)8-22(27-28)26-24(30)17-6-4-16(13-29)5-7-17/h4-11,14,29H,12-13H2,1-3H3,(H,26,27,30);4-11,13-14H,12H2,1-3H3,(H,26,27,30). The van der Waals surface area contributed by atoms with Crippen LogP contribution in [0.2, 0.25) is 10.0 Å². The Hall–Kier alpha value is -6.47. The number of aldehydes is 1. The van der Waals surface area contributed by atoms with Crippen LogP contribution in [0.15, 0.2) is 106 Å². The number of hydrogen-bond acceptors (Lipinski definition) is 8. The number of carbonyl (C=O) groups is 3. The van der Waals surface area contributed by atoms with Gasteiger partial charge in [-0.1, -0.05) is 75.2 Å². The number of aliphatic hydroxyl groups is 1. The Labute approximate surface area is 368 Å². The van der Waals surface area contributed by atoms with E-state index in [2.05, 4.69) is 48.5 Å². The van der Waals surface area contributed by atoms with E-state index in [9.17, 15) is 14.4 Å². The van der Waals surface area contributed by atoms with Gasteiger partial charge in [-0.3, -0.25) is 23.7 Å². The third-order valence-electron chi connectivity index (χ3n) is 10.3. The maximum atomic E-state index is 12.5. The van der Waals surface area contributed by atoms with Gasteiger partial charge in [0.25, 0.3) is 11.8 Å². The van der Waals surface area contributed by atoms with Crippen LogP contribution in [-0.4, -0.2) is 42.8 Å². The van der Waals surface area contributed by atoms with Gasteiger partial charge in [0.15, 0.2) is 11.6 Å². The number of amides is 2. The first kappa shape index (κ1) is 43.6. The van der Waals surface area contributed by atoms with Crippen molar-refractivity contribution in [3.05, 3.63) is 163 Å². The molecule has 14 heteroatoms. The maximum absolute atomic E-state index is 12.5. The number of halogens is 2. The van der Waals surface area contributed by atoms with Crippen molar-refractivity contribution in [3.63, 3.8) is 0 Å². The lowest BCUT2D eigenvalue weighted by atomic mass is 10.1. The molecule has 0 aliphatic carbocycles. The minimum absolute atomic E-state index is 0.0589. The third kappa shape index (κ3) is 10.0. The van der Waals surface area contributed by atoms with Crippen LogP contribution in [-0.2, 0) is 19.7 Å². The first-order chi connectivity index (χ1) is 29.7. The summed E-state index contributed by atoms with van der Waals surface area (Å²) in [5.41, 5.74) is 7.45. The van der Waals surface area contributed by atoms with Crippen molar-refractivity contribution < 1.29 is 28.3 Å². The molecule has 0 fully saturated rings. The summed E-state index contributed by atoms with van der Waals surface area (Å²) in [4.78, 5) is 35.8. The van der Waals surface area contributed by atoms with Crippen LogP contribution in [0, 0.1) is 13.8 Å². The van der Waals surface area contributed by atoms with Crippen molar-refractivity contribution in [1.29, 1.82) is 0 Å². The first-order valence-electron chi connectivity index (χ1n) is 20.1. The van der Waals surface area contributed by atoms with Gasteiger partial charge in [0, 0.05) is 84.0 Å². The molecule has 4 aromatic heterocycles. The highest BCUT2D eigenvalue weighted by Crippen LogP contribution is 2.33. The van der Waals surface area contributed by atoms with Gasteiger partial charge < -0.3 is 24.6 Å². The van der Waals surface area contributed by atoms with Gasteiger partial charge >= 0.3 is 0 Å². The molecule has 0 radical (unpaired) electrons. The number of benzene rings is 4. The fourth-order valence-electron chi connectivity index (χ4n) is 6.85. The molecule has 8 aromatic rings. The van der Waals surface area contributed by atoms with E-state index >= 15 is 0 Å². The minimum Gasteiger partial charge on any atom is -0.460 e. The molecule has 0 atom stereocenters. The Morgan fingerprint density at radius 1 is 0.661 bits per heavy atom. The molecule has 0 aliphatic heterocycles. The Morgan fingerprint density at radius 3 is 1.47 bits per heavy atom. The number of nitrogens with one attached hydrogen (secondary N) is 2. The van der Waals surface area contributed by atoms with Crippen molar-refractivity contribution in [1.82, 2.24) is 19.6 Å². The number of carbonyl (C=O) groups excluding carboxylic acids is 3. The van der Waals surface area contributed by atoms with E-state index in [-0.39, 0.29) is 30.3 Å². The zero-order valence-corrected chi connectivity index (χ0v) is 36.6. The average Bonchev–Trinajstić information content (AvgIpc) is 4.03. The predicted molar refractivity (Wildman–Crippen MR) is 243 cm³/mol. The van der Waals surface area contributed by atoms with E-state index in [1.54, 1.807) is 59.3 Å². The number of furan rings is 2. The first-order valence-corrected chi connectivity index (χ1v) is 20.8. The molecule has 8 rings (SSSR count). The summed E-state index contributed by atoms with van der Waals surface area (Å²) in [5, 5.41) is 27.0. The number of aliphatic hydroxyl groups excluding tert-OH is 1. The summed E-state index contributed by atoms with van der Waals surface area (Å²) in [5.74, 6) is 2.73. The van der Waals surface area contributed by atoms with Crippen LogP contribution in [0.5, 0.6) is 0 Å². The predicted octanol–water partition coefficient (Wildman–Crippen LogP) is 11.3. The van der Waals surface area contributed by atoms with E-state index in [4.69, 9.17) is 37.1 Å². The number of aryl methyl sites for hydroxylation is 2. The number of nitrogens with zero attached hydrogens (tertiary/aromatic N) is 4. The minimum atomic E-state index is -0.292. The maximum Gasteiger partial charge on any atom is 0.256 e. The fraction of sp³-hybridized carbons (Fsp3) is 0.229. The van der Waals surface area contributed by atoms with E-state index in [0.29, 0.717) is 51.5 Å². The smallest absolute Gasteiger partial charge is 0.256 e. The molecule has 4 aromatic carbocycles. The number of anilines is 2. The van der Waals surface area contributed by atoms with Crippen LogP contribution in [0.3, 0.4) is 0 Å². The average molecular weight is 874 g/mol. The molecule has 318 valence electrons. The molecule has 0 aliphatic rings.